The van der Waals surface area contributed by atoms with Crippen LogP contribution in [0.3, 0.4) is 0 Å². The van der Waals surface area contributed by atoms with Gasteiger partial charge in [0.15, 0.2) is 0 Å². The second-order valence-corrected chi connectivity index (χ2v) is 5.70. The van der Waals surface area contributed by atoms with Crippen molar-refractivity contribution in [1.82, 2.24) is 5.32 Å². The Labute approximate surface area is 115 Å². The van der Waals surface area contributed by atoms with Crippen molar-refractivity contribution in [3.8, 4) is 0 Å². The molecule has 1 N–H and O–H groups in total. The Kier molecular flexibility index (Phi) is 3.72. The van der Waals surface area contributed by atoms with Crippen LogP contribution in [0.15, 0.2) is 30.3 Å². The van der Waals surface area contributed by atoms with Gasteiger partial charge < -0.3 is 10.2 Å². The molecule has 2 aliphatic rings. The average molecular weight is 258 g/mol. The van der Waals surface area contributed by atoms with Crippen LogP contribution < -0.4 is 10.2 Å². The molecule has 3 rings (SSSR count). The SMILES string of the molecule is O=C(NCC1CCCN1c1ccccc1)C1CCC1. The normalized spacial score (nSPS) is 23.2. The molecular formula is C16H22N2O. The van der Waals surface area contributed by atoms with Crippen LogP contribution in [-0.4, -0.2) is 25.0 Å². The number of hydrogen-bond donors (Lipinski definition) is 1. The van der Waals surface area contributed by atoms with E-state index in [4.69, 9.17) is 0 Å². The molecule has 1 aliphatic carbocycles. The van der Waals surface area contributed by atoms with E-state index in [2.05, 4.69) is 34.5 Å². The quantitative estimate of drug-likeness (QED) is 0.900. The third kappa shape index (κ3) is 2.75. The molecule has 3 nitrogen and oxygen atoms in total. The van der Waals surface area contributed by atoms with Crippen LogP contribution in [0.5, 0.6) is 0 Å². The van der Waals surface area contributed by atoms with Crippen molar-refractivity contribution >= 4 is 11.6 Å². The highest BCUT2D eigenvalue weighted by Gasteiger charge is 2.28. The fourth-order valence-corrected chi connectivity index (χ4v) is 3.04. The van der Waals surface area contributed by atoms with Gasteiger partial charge in [0.25, 0.3) is 0 Å². The number of carbonyl (C=O) groups is 1. The van der Waals surface area contributed by atoms with Gasteiger partial charge >= 0.3 is 0 Å². The number of hydrogen-bond acceptors (Lipinski definition) is 2. The van der Waals surface area contributed by atoms with Gasteiger partial charge in [0.1, 0.15) is 0 Å². The summed E-state index contributed by atoms with van der Waals surface area (Å²) in [6.45, 7) is 1.90. The topological polar surface area (TPSA) is 32.3 Å². The van der Waals surface area contributed by atoms with Crippen molar-refractivity contribution in [2.24, 2.45) is 5.92 Å². The van der Waals surface area contributed by atoms with Crippen molar-refractivity contribution in [3.63, 3.8) is 0 Å². The molecule has 1 aromatic rings. The first-order valence-corrected chi connectivity index (χ1v) is 7.44. The van der Waals surface area contributed by atoms with Gasteiger partial charge in [-0.25, -0.2) is 0 Å². The fourth-order valence-electron chi connectivity index (χ4n) is 3.04. The van der Waals surface area contributed by atoms with Crippen molar-refractivity contribution in [1.29, 1.82) is 0 Å². The van der Waals surface area contributed by atoms with Crippen molar-refractivity contribution in [3.05, 3.63) is 30.3 Å². The second-order valence-electron chi connectivity index (χ2n) is 5.70. The summed E-state index contributed by atoms with van der Waals surface area (Å²) in [4.78, 5) is 14.3. The van der Waals surface area contributed by atoms with E-state index in [1.54, 1.807) is 0 Å². The van der Waals surface area contributed by atoms with Crippen LogP contribution in [0.2, 0.25) is 0 Å². The summed E-state index contributed by atoms with van der Waals surface area (Å²) in [5, 5.41) is 3.15. The third-order valence-electron chi connectivity index (χ3n) is 4.45. The highest BCUT2D eigenvalue weighted by Crippen LogP contribution is 2.27. The molecule has 2 fully saturated rings. The third-order valence-corrected chi connectivity index (χ3v) is 4.45. The maximum Gasteiger partial charge on any atom is 0.223 e. The zero-order valence-electron chi connectivity index (χ0n) is 11.3. The number of amides is 1. The lowest BCUT2D eigenvalue weighted by atomic mass is 9.85. The fraction of sp³-hybridized carbons (Fsp3) is 0.562. The highest BCUT2D eigenvalue weighted by molar-refractivity contribution is 5.79. The summed E-state index contributed by atoms with van der Waals surface area (Å²) in [6.07, 6.45) is 5.79. The molecule has 0 radical (unpaired) electrons. The highest BCUT2D eigenvalue weighted by atomic mass is 16.1. The second kappa shape index (κ2) is 5.64. The monoisotopic (exact) mass is 258 g/mol. The van der Waals surface area contributed by atoms with Gasteiger partial charge in [-0.05, 0) is 37.8 Å². The summed E-state index contributed by atoms with van der Waals surface area (Å²) in [6, 6.07) is 11.0. The van der Waals surface area contributed by atoms with Crippen LogP contribution in [0.25, 0.3) is 0 Å². The summed E-state index contributed by atoms with van der Waals surface area (Å²) in [7, 11) is 0. The number of rotatable bonds is 4. The minimum absolute atomic E-state index is 0.270. The standard InChI is InChI=1S/C16H22N2O/c19-16(13-6-4-7-13)17-12-15-10-5-11-18(15)14-8-2-1-3-9-14/h1-3,8-9,13,15H,4-7,10-12H2,(H,17,19). The van der Waals surface area contributed by atoms with Crippen LogP contribution in [0, 0.1) is 5.92 Å². The molecule has 19 heavy (non-hydrogen) atoms. The zero-order chi connectivity index (χ0) is 13.1. The van der Waals surface area contributed by atoms with Gasteiger partial charge in [0.2, 0.25) is 5.91 Å². The maximum atomic E-state index is 11.9. The molecule has 1 atom stereocenters. The summed E-state index contributed by atoms with van der Waals surface area (Å²) in [5.74, 6) is 0.567. The van der Waals surface area contributed by atoms with E-state index in [0.717, 1.165) is 25.9 Å². The molecule has 1 amide bonds. The lowest BCUT2D eigenvalue weighted by Crippen LogP contribution is -2.43. The average Bonchev–Trinajstić information content (AvgIpc) is 2.83. The Morgan fingerprint density at radius 1 is 1.16 bits per heavy atom. The van der Waals surface area contributed by atoms with Crippen LogP contribution in [0.1, 0.15) is 32.1 Å². The first kappa shape index (κ1) is 12.5. The molecule has 0 aromatic heterocycles. The van der Waals surface area contributed by atoms with Gasteiger partial charge in [-0.3, -0.25) is 4.79 Å². The summed E-state index contributed by atoms with van der Waals surface area (Å²) in [5.41, 5.74) is 1.28. The molecule has 1 saturated heterocycles. The van der Waals surface area contributed by atoms with Crippen LogP contribution >= 0.6 is 0 Å². The summed E-state index contributed by atoms with van der Waals surface area (Å²) < 4.78 is 0. The molecule has 102 valence electrons. The van der Waals surface area contributed by atoms with Gasteiger partial charge in [0.05, 0.1) is 0 Å². The van der Waals surface area contributed by atoms with Gasteiger partial charge in [0, 0.05) is 30.7 Å². The molecule has 1 aliphatic heterocycles. The molecule has 1 heterocycles. The molecule has 1 aromatic carbocycles. The Bertz CT molecular complexity index is 428. The number of para-hydroxylation sites is 1. The number of nitrogens with zero attached hydrogens (tertiary/aromatic N) is 1. The van der Waals surface area contributed by atoms with E-state index in [0.29, 0.717) is 12.0 Å². The van der Waals surface area contributed by atoms with Crippen molar-refractivity contribution in [2.75, 3.05) is 18.0 Å². The van der Waals surface area contributed by atoms with Crippen LogP contribution in [-0.2, 0) is 4.79 Å². The van der Waals surface area contributed by atoms with E-state index >= 15 is 0 Å². The minimum Gasteiger partial charge on any atom is -0.367 e. The molecule has 1 unspecified atom stereocenters. The first-order chi connectivity index (χ1) is 9.34. The number of carbonyl (C=O) groups excluding carboxylic acids is 1. The Morgan fingerprint density at radius 2 is 1.95 bits per heavy atom. The predicted molar refractivity (Wildman–Crippen MR) is 77.2 cm³/mol. The molecule has 1 saturated carbocycles. The largest absolute Gasteiger partial charge is 0.367 e. The number of nitrogens with one attached hydrogen (secondary N) is 1. The van der Waals surface area contributed by atoms with E-state index < -0.39 is 0 Å². The van der Waals surface area contributed by atoms with Crippen LogP contribution in [0.4, 0.5) is 5.69 Å². The van der Waals surface area contributed by atoms with E-state index in [9.17, 15) is 4.79 Å². The molecule has 0 spiro atoms. The van der Waals surface area contributed by atoms with Crippen molar-refractivity contribution in [2.45, 2.75) is 38.1 Å². The lowest BCUT2D eigenvalue weighted by Gasteiger charge is -2.29. The number of anilines is 1. The maximum absolute atomic E-state index is 11.9. The first-order valence-electron chi connectivity index (χ1n) is 7.44. The van der Waals surface area contributed by atoms with E-state index in [-0.39, 0.29) is 5.91 Å². The van der Waals surface area contributed by atoms with Gasteiger partial charge in [-0.1, -0.05) is 24.6 Å². The lowest BCUT2D eigenvalue weighted by molar-refractivity contribution is -0.127. The van der Waals surface area contributed by atoms with Gasteiger partial charge in [-0.2, -0.15) is 0 Å². The van der Waals surface area contributed by atoms with E-state index in [1.165, 1.54) is 24.9 Å². The minimum atomic E-state index is 0.270. The summed E-state index contributed by atoms with van der Waals surface area (Å²) >= 11 is 0. The Balaban J connectivity index is 1.56. The molecule has 3 heteroatoms. The number of benzene rings is 1. The molecular weight excluding hydrogens is 236 g/mol. The predicted octanol–water partition coefficient (Wildman–Crippen LogP) is 2.57. The zero-order valence-corrected chi connectivity index (χ0v) is 11.3. The van der Waals surface area contributed by atoms with E-state index in [1.807, 2.05) is 6.07 Å². The van der Waals surface area contributed by atoms with Gasteiger partial charge in [-0.15, -0.1) is 0 Å². The Hall–Kier alpha value is -1.51. The smallest absolute Gasteiger partial charge is 0.223 e. The Morgan fingerprint density at radius 3 is 2.63 bits per heavy atom. The molecule has 0 bridgehead atoms. The van der Waals surface area contributed by atoms with Crippen molar-refractivity contribution < 1.29 is 4.79 Å².